The van der Waals surface area contributed by atoms with Gasteiger partial charge in [0.05, 0.1) is 4.92 Å². The Bertz CT molecular complexity index is 2770. The molecule has 3 nitrogen and oxygen atoms in total. The van der Waals surface area contributed by atoms with Gasteiger partial charge >= 0.3 is 0 Å². The van der Waals surface area contributed by atoms with Crippen molar-refractivity contribution in [2.45, 2.75) is 318 Å². The number of aryl methyl sites for hydroxylation is 7. The van der Waals surface area contributed by atoms with Crippen molar-refractivity contribution in [3.8, 4) is 11.1 Å². The van der Waals surface area contributed by atoms with E-state index in [4.69, 9.17) is 0 Å². The van der Waals surface area contributed by atoms with Crippen molar-refractivity contribution >= 4 is 16.5 Å². The van der Waals surface area contributed by atoms with Crippen LogP contribution in [0.3, 0.4) is 0 Å². The highest BCUT2D eigenvalue weighted by Crippen LogP contribution is 2.20. The van der Waals surface area contributed by atoms with E-state index in [2.05, 4.69) is 242 Å². The van der Waals surface area contributed by atoms with Gasteiger partial charge in [0.1, 0.15) is 0 Å². The highest BCUT2D eigenvalue weighted by Gasteiger charge is 2.06. The maximum atomic E-state index is 10.2. The largest absolute Gasteiger partial charge is 0.272 e. The molecule has 0 aliphatic heterocycles. The summed E-state index contributed by atoms with van der Waals surface area (Å²) in [6, 6.07) is 69.7. The maximum absolute atomic E-state index is 10.2. The first-order chi connectivity index (χ1) is 47.7. The van der Waals surface area contributed by atoms with Crippen molar-refractivity contribution in [2.24, 2.45) is 5.92 Å². The van der Waals surface area contributed by atoms with Gasteiger partial charge in [0.15, 0.2) is 0 Å². The number of hydrogen-bond acceptors (Lipinski definition) is 2. The van der Waals surface area contributed by atoms with Crippen molar-refractivity contribution in [1.29, 1.82) is 0 Å². The van der Waals surface area contributed by atoms with Gasteiger partial charge in [-0.05, 0) is 86.9 Å². The average molecular weight is 1340 g/mol. The van der Waals surface area contributed by atoms with Gasteiger partial charge in [-0.3, -0.25) is 10.1 Å². The van der Waals surface area contributed by atoms with E-state index >= 15 is 0 Å². The fraction of sp³-hybridized carbons (Fsp3) is 0.516. The predicted octanol–water partition coefficient (Wildman–Crippen LogP) is 32.6. The molecule has 8 rings (SSSR count). The van der Waals surface area contributed by atoms with Crippen LogP contribution < -0.4 is 0 Å². The Hall–Kier alpha value is -6.58. The second-order valence-electron chi connectivity index (χ2n) is 25.3. The first kappa shape index (κ1) is 97.8. The summed E-state index contributed by atoms with van der Waals surface area (Å²) >= 11 is 0. The van der Waals surface area contributed by atoms with E-state index in [1.807, 2.05) is 71.9 Å². The van der Waals surface area contributed by atoms with Gasteiger partial charge in [-0.2, -0.15) is 0 Å². The third-order valence-electron chi connectivity index (χ3n) is 16.1. The molecule has 548 valence electrons. The van der Waals surface area contributed by atoms with Crippen molar-refractivity contribution in [2.75, 3.05) is 0 Å². The maximum Gasteiger partial charge on any atom is 0.272 e. The summed E-state index contributed by atoms with van der Waals surface area (Å²) < 4.78 is 0. The van der Waals surface area contributed by atoms with Crippen LogP contribution in [0.15, 0.2) is 206 Å². The van der Waals surface area contributed by atoms with Gasteiger partial charge in [-0.15, -0.1) is 0 Å². The number of fused-ring (bicyclic) bond motifs is 1. The number of nitro groups is 1. The van der Waals surface area contributed by atoms with E-state index in [0.717, 1.165) is 12.3 Å². The van der Waals surface area contributed by atoms with Crippen molar-refractivity contribution in [3.05, 3.63) is 255 Å². The Morgan fingerprint density at radius 3 is 0.847 bits per heavy atom. The number of rotatable bonds is 28. The molecule has 0 aromatic heterocycles. The van der Waals surface area contributed by atoms with E-state index in [1.54, 1.807) is 25.1 Å². The number of benzene rings is 8. The summed E-state index contributed by atoms with van der Waals surface area (Å²) in [5.41, 5.74) is 11.5. The summed E-state index contributed by atoms with van der Waals surface area (Å²) in [6.45, 7) is 42.2. The topological polar surface area (TPSA) is 43.1 Å². The minimum Gasteiger partial charge on any atom is -0.258 e. The number of nitrogens with zero attached hydrogens (tertiary/aromatic N) is 1. The van der Waals surface area contributed by atoms with Crippen LogP contribution in [0, 0.1) is 57.6 Å². The second kappa shape index (κ2) is 76.2. The molecule has 0 spiro atoms. The van der Waals surface area contributed by atoms with Crippen LogP contribution in [0.25, 0.3) is 21.9 Å². The zero-order chi connectivity index (χ0) is 73.9. The van der Waals surface area contributed by atoms with Crippen molar-refractivity contribution in [1.82, 2.24) is 0 Å². The van der Waals surface area contributed by atoms with E-state index in [9.17, 15) is 10.1 Å². The molecule has 0 fully saturated rings. The van der Waals surface area contributed by atoms with Gasteiger partial charge in [0.25, 0.3) is 5.69 Å². The van der Waals surface area contributed by atoms with Gasteiger partial charge in [0.2, 0.25) is 0 Å². The third kappa shape index (κ3) is 62.9. The van der Waals surface area contributed by atoms with Gasteiger partial charge in [-0.1, -0.05) is 493 Å². The molecule has 0 radical (unpaired) electrons. The summed E-state index contributed by atoms with van der Waals surface area (Å²) in [4.78, 5) is 9.85. The summed E-state index contributed by atoms with van der Waals surface area (Å²) in [7, 11) is 0. The van der Waals surface area contributed by atoms with Gasteiger partial charge < -0.3 is 0 Å². The summed E-state index contributed by atoms with van der Waals surface area (Å²) in [6.07, 6.45) is 40.3. The van der Waals surface area contributed by atoms with Crippen LogP contribution in [0.2, 0.25) is 0 Å². The molecular weight excluding hydrogens is 1190 g/mol. The lowest BCUT2D eigenvalue weighted by atomic mass is 10.0. The normalized spacial score (nSPS) is 9.52. The SMILES string of the molecule is CC.CC.CC.CCC(C)C.CCCCCCCCCCC.CCCCCCCCCCCCCCCCCCC.CCc1ccccc1.Cc1ccc(-c2ccccc2)cc1.Cc1ccc(C)cc1.Cc1cccc2ccccc12.Cc1ccccc1.Cc1ccccc1[N+](=O)[O-]. The molecule has 0 aliphatic rings. The standard InChI is InChI=1S/C19H40.C13H12.C11H10.C11H24.2C8H10.C7H7NO2.C7H8.C5H12.3C2H6/c1-3-5-7-9-11-13-15-17-19-18-16-14-12-10-8-6-4-2;1-11-7-9-13(10-8-11)12-5-3-2-4-6-12;1-9-5-4-7-10-6-2-3-8-11(9)10;1-3-5-7-9-11-10-8-6-4-2;1-7-3-5-8(2)6-4-7;1-2-8-6-4-3-5-7-8;1-6-4-2-3-5-7(6)8(9)10;1-7-5-3-2-4-6-7;1-4-5(2)3;3*1-2/h3-19H2,1-2H3;2-10H,1H3;2-8H,1H3;3-11H2,1-2H3;3-6H,1-2H3;3-7H,2H2,1H3;2-5H,1H3;2-6H,1H3;5H,4H2,1-3H3;3*1-2H3. The first-order valence-corrected chi connectivity index (χ1v) is 39.5. The second-order valence-corrected chi connectivity index (χ2v) is 25.3. The smallest absolute Gasteiger partial charge is 0.258 e. The predicted molar refractivity (Wildman–Crippen MR) is 448 cm³/mol. The number of hydrogen-bond donors (Lipinski definition) is 0. The van der Waals surface area contributed by atoms with Crippen LogP contribution in [0.1, 0.15) is 309 Å². The average Bonchev–Trinajstić information content (AvgIpc) is 0.910. The highest BCUT2D eigenvalue weighted by molar-refractivity contribution is 5.85. The molecule has 0 amide bonds. The van der Waals surface area contributed by atoms with Crippen molar-refractivity contribution < 1.29 is 4.92 Å². The Morgan fingerprint density at radius 1 is 0.296 bits per heavy atom. The zero-order valence-corrected chi connectivity index (χ0v) is 67.3. The monoisotopic (exact) mass is 1340 g/mol. The van der Waals surface area contributed by atoms with Crippen LogP contribution in [0.4, 0.5) is 5.69 Å². The summed E-state index contributed by atoms with van der Waals surface area (Å²) in [5, 5.41) is 12.9. The number of unbranched alkanes of at least 4 members (excludes halogenated alkanes) is 24. The highest BCUT2D eigenvalue weighted by atomic mass is 16.6. The lowest BCUT2D eigenvalue weighted by Gasteiger charge is -2.03. The van der Waals surface area contributed by atoms with E-state index in [-0.39, 0.29) is 10.6 Å². The fourth-order valence-corrected chi connectivity index (χ4v) is 9.60. The van der Waals surface area contributed by atoms with Gasteiger partial charge in [0, 0.05) is 11.6 Å². The molecule has 8 aromatic carbocycles. The number of nitro benzene ring substituents is 1. The Balaban J connectivity index is -0.000000511. The molecule has 0 N–H and O–H groups in total. The number of para-hydroxylation sites is 1. The lowest BCUT2D eigenvalue weighted by Crippen LogP contribution is -1.89. The quantitative estimate of drug-likeness (QED) is 0.0279. The minimum absolute atomic E-state index is 0.183. The van der Waals surface area contributed by atoms with Gasteiger partial charge in [-0.25, -0.2) is 0 Å². The molecular formula is C95H151NO2. The molecule has 8 aromatic rings. The van der Waals surface area contributed by atoms with E-state index < -0.39 is 0 Å². The van der Waals surface area contributed by atoms with Crippen LogP contribution in [-0.2, 0) is 6.42 Å². The zero-order valence-electron chi connectivity index (χ0n) is 67.3. The molecule has 0 bridgehead atoms. The van der Waals surface area contributed by atoms with Crippen LogP contribution in [0.5, 0.6) is 0 Å². The first-order valence-electron chi connectivity index (χ1n) is 39.5. The Labute approximate surface area is 608 Å². The molecule has 0 saturated carbocycles. The fourth-order valence-electron chi connectivity index (χ4n) is 9.60. The molecule has 0 unspecified atom stereocenters. The van der Waals surface area contributed by atoms with Crippen LogP contribution >= 0.6 is 0 Å². The minimum atomic E-state index is -0.380. The summed E-state index contributed by atoms with van der Waals surface area (Å²) in [5.74, 6) is 0.884. The molecule has 98 heavy (non-hydrogen) atoms. The molecule has 3 heteroatoms. The van der Waals surface area contributed by atoms with Crippen molar-refractivity contribution in [3.63, 3.8) is 0 Å². The molecule has 0 aliphatic carbocycles. The third-order valence-corrected chi connectivity index (χ3v) is 16.1. The van der Waals surface area contributed by atoms with Crippen LogP contribution in [-0.4, -0.2) is 4.92 Å². The molecule has 0 heterocycles. The lowest BCUT2D eigenvalue weighted by molar-refractivity contribution is -0.385. The van der Waals surface area contributed by atoms with E-state index in [0.29, 0.717) is 5.56 Å². The molecule has 0 saturated heterocycles. The Morgan fingerprint density at radius 2 is 0.561 bits per heavy atom. The molecule has 0 atom stereocenters. The van der Waals surface area contributed by atoms with E-state index in [1.165, 1.54) is 235 Å². The Kier molecular flexibility index (Phi) is 76.0.